The molecule has 0 N–H and O–H groups in total. The third kappa shape index (κ3) is 1.81. The van der Waals surface area contributed by atoms with Gasteiger partial charge < -0.3 is 0 Å². The fourth-order valence-electron chi connectivity index (χ4n) is 6.17. The van der Waals surface area contributed by atoms with Gasteiger partial charge in [-0.15, -0.1) is 0 Å². The summed E-state index contributed by atoms with van der Waals surface area (Å²) in [5.74, 6) is 4.34. The molecule has 4 aliphatic carbocycles. The van der Waals surface area contributed by atoms with E-state index in [1.807, 2.05) is 0 Å². The Hall–Kier alpha value is -0.430. The van der Waals surface area contributed by atoms with Crippen molar-refractivity contribution in [3.8, 4) is 0 Å². The van der Waals surface area contributed by atoms with Gasteiger partial charge in [-0.1, -0.05) is 37.3 Å². The Balaban J connectivity index is 1.76. The molecule has 0 aliphatic heterocycles. The first-order chi connectivity index (χ1) is 9.66. The Morgan fingerprint density at radius 3 is 2.30 bits per heavy atom. The maximum Gasteiger partial charge on any atom is -0.00131 e. The Labute approximate surface area is 127 Å². The van der Waals surface area contributed by atoms with Crippen molar-refractivity contribution in [1.29, 1.82) is 0 Å². The predicted octanol–water partition coefficient (Wildman–Crippen LogP) is 5.13. The van der Waals surface area contributed by atoms with Gasteiger partial charge in [0.1, 0.15) is 0 Å². The molecular weight excluding hydrogens is 260 g/mol. The van der Waals surface area contributed by atoms with Crippen molar-refractivity contribution in [2.45, 2.75) is 44.4 Å². The molecule has 4 aliphatic rings. The topological polar surface area (TPSA) is 0 Å². The largest absolute Gasteiger partial charge is 0.165 e. The van der Waals surface area contributed by atoms with Crippen LogP contribution < -0.4 is 0 Å². The molecule has 108 valence electrons. The summed E-state index contributed by atoms with van der Waals surface area (Å²) in [5.41, 5.74) is 2.83. The first-order valence-electron chi connectivity index (χ1n) is 8.21. The lowest BCUT2D eigenvalue weighted by Crippen LogP contribution is -2.57. The zero-order chi connectivity index (χ0) is 13.8. The van der Waals surface area contributed by atoms with Crippen LogP contribution in [0.25, 0.3) is 0 Å². The van der Waals surface area contributed by atoms with Crippen LogP contribution >= 0.6 is 11.8 Å². The second-order valence-electron chi connectivity index (χ2n) is 7.95. The van der Waals surface area contributed by atoms with Crippen LogP contribution in [0.3, 0.4) is 0 Å². The van der Waals surface area contributed by atoms with Crippen molar-refractivity contribution in [1.82, 2.24) is 0 Å². The van der Waals surface area contributed by atoms with Gasteiger partial charge in [0.15, 0.2) is 0 Å². The first-order valence-corrected chi connectivity index (χ1v) is 9.60. The van der Waals surface area contributed by atoms with E-state index in [9.17, 15) is 0 Å². The highest BCUT2D eigenvalue weighted by molar-refractivity contribution is 7.98. The molecule has 0 amide bonds. The molecule has 4 saturated carbocycles. The minimum absolute atomic E-state index is 0.523. The molecule has 0 heterocycles. The monoisotopic (exact) mass is 286 g/mol. The molecule has 20 heavy (non-hydrogen) atoms. The smallest absolute Gasteiger partial charge is 0.00131 e. The van der Waals surface area contributed by atoms with Gasteiger partial charge in [-0.25, -0.2) is 0 Å². The van der Waals surface area contributed by atoms with E-state index in [0.29, 0.717) is 10.8 Å². The number of benzene rings is 1. The van der Waals surface area contributed by atoms with Crippen molar-refractivity contribution in [2.75, 3.05) is 12.0 Å². The third-order valence-corrected chi connectivity index (χ3v) is 7.63. The quantitative estimate of drug-likeness (QED) is 0.742. The summed E-state index contributed by atoms with van der Waals surface area (Å²) < 4.78 is 0. The van der Waals surface area contributed by atoms with Crippen LogP contribution in [0.1, 0.15) is 44.6 Å². The maximum atomic E-state index is 2.54. The van der Waals surface area contributed by atoms with E-state index < -0.39 is 0 Å². The Morgan fingerprint density at radius 1 is 1.05 bits per heavy atom. The van der Waals surface area contributed by atoms with Gasteiger partial charge >= 0.3 is 0 Å². The van der Waals surface area contributed by atoms with Crippen LogP contribution in [-0.4, -0.2) is 12.0 Å². The average molecular weight is 286 g/mol. The van der Waals surface area contributed by atoms with Gasteiger partial charge in [0.05, 0.1) is 0 Å². The molecule has 0 saturated heterocycles. The summed E-state index contributed by atoms with van der Waals surface area (Å²) in [5, 5.41) is 0. The molecule has 0 nitrogen and oxygen atoms in total. The van der Waals surface area contributed by atoms with E-state index in [4.69, 9.17) is 0 Å². The molecule has 0 radical (unpaired) electrons. The summed E-state index contributed by atoms with van der Waals surface area (Å²) in [6.45, 7) is 2.54. The molecule has 5 rings (SSSR count). The van der Waals surface area contributed by atoms with Crippen LogP contribution in [0.15, 0.2) is 30.3 Å². The minimum Gasteiger partial charge on any atom is -0.165 e. The molecule has 0 aromatic heterocycles. The first kappa shape index (κ1) is 13.2. The molecule has 0 spiro atoms. The van der Waals surface area contributed by atoms with Gasteiger partial charge in [-0.05, 0) is 78.3 Å². The van der Waals surface area contributed by atoms with Gasteiger partial charge in [-0.3, -0.25) is 0 Å². The predicted molar refractivity (Wildman–Crippen MR) is 88.2 cm³/mol. The third-order valence-electron chi connectivity index (χ3n) is 6.73. The molecular formula is C19H26S. The summed E-state index contributed by atoms with van der Waals surface area (Å²) in [6, 6.07) is 11.5. The fraction of sp³-hybridized carbons (Fsp3) is 0.684. The molecule has 2 atom stereocenters. The number of thioether (sulfide) groups is 1. The van der Waals surface area contributed by atoms with Crippen molar-refractivity contribution in [2.24, 2.45) is 23.2 Å². The fourth-order valence-corrected chi connectivity index (χ4v) is 7.12. The summed E-state index contributed by atoms with van der Waals surface area (Å²) in [4.78, 5) is 0. The Bertz CT molecular complexity index is 476. The molecule has 1 aromatic carbocycles. The van der Waals surface area contributed by atoms with E-state index in [1.54, 1.807) is 5.56 Å². The van der Waals surface area contributed by atoms with E-state index in [0.717, 1.165) is 17.8 Å². The van der Waals surface area contributed by atoms with Crippen molar-refractivity contribution in [3.63, 3.8) is 0 Å². The van der Waals surface area contributed by atoms with Crippen molar-refractivity contribution in [3.05, 3.63) is 35.9 Å². The zero-order valence-corrected chi connectivity index (χ0v) is 13.6. The number of rotatable bonds is 3. The number of hydrogen-bond donors (Lipinski definition) is 0. The molecule has 1 aromatic rings. The Morgan fingerprint density at radius 2 is 1.70 bits per heavy atom. The van der Waals surface area contributed by atoms with E-state index in [2.05, 4.69) is 55.3 Å². The van der Waals surface area contributed by atoms with Gasteiger partial charge in [0.25, 0.3) is 0 Å². The van der Waals surface area contributed by atoms with Gasteiger partial charge in [0, 0.05) is 0 Å². The summed E-state index contributed by atoms with van der Waals surface area (Å²) in [6.07, 6.45) is 9.72. The zero-order valence-electron chi connectivity index (χ0n) is 12.8. The van der Waals surface area contributed by atoms with Crippen LogP contribution in [-0.2, 0) is 5.41 Å². The molecule has 4 bridgehead atoms. The normalized spacial score (nSPS) is 45.8. The lowest BCUT2D eigenvalue weighted by molar-refractivity contribution is -0.0949. The molecule has 1 heteroatoms. The van der Waals surface area contributed by atoms with Crippen LogP contribution in [0.5, 0.6) is 0 Å². The maximum absolute atomic E-state index is 2.54. The summed E-state index contributed by atoms with van der Waals surface area (Å²) in [7, 11) is 0. The van der Waals surface area contributed by atoms with E-state index >= 15 is 0 Å². The lowest BCUT2D eigenvalue weighted by atomic mass is 9.41. The van der Waals surface area contributed by atoms with E-state index in [-0.39, 0.29) is 0 Å². The van der Waals surface area contributed by atoms with Crippen molar-refractivity contribution < 1.29 is 0 Å². The van der Waals surface area contributed by atoms with Crippen LogP contribution in [0.2, 0.25) is 0 Å². The lowest BCUT2D eigenvalue weighted by Gasteiger charge is -2.65. The van der Waals surface area contributed by atoms with E-state index in [1.165, 1.54) is 37.9 Å². The molecule has 4 fully saturated rings. The summed E-state index contributed by atoms with van der Waals surface area (Å²) >= 11 is 2.09. The highest BCUT2D eigenvalue weighted by Gasteiger charge is 2.60. The highest BCUT2D eigenvalue weighted by Crippen LogP contribution is 2.67. The number of hydrogen-bond acceptors (Lipinski definition) is 1. The van der Waals surface area contributed by atoms with Crippen LogP contribution in [0.4, 0.5) is 0 Å². The molecule has 2 unspecified atom stereocenters. The highest BCUT2D eigenvalue weighted by atomic mass is 32.2. The van der Waals surface area contributed by atoms with Crippen molar-refractivity contribution >= 4 is 11.8 Å². The van der Waals surface area contributed by atoms with Crippen LogP contribution in [0, 0.1) is 23.2 Å². The second kappa shape index (κ2) is 4.53. The second-order valence-corrected chi connectivity index (χ2v) is 8.82. The standard InChI is InChI=1S/C19H26S/c1-14-15-8-18(13-20-2)9-16(14)11-19(10-15,12-18)17-6-4-3-5-7-17/h3-7,14-16H,8-13H2,1-2H3. The Kier molecular flexibility index (Phi) is 3.00. The minimum atomic E-state index is 0.523. The van der Waals surface area contributed by atoms with Gasteiger partial charge in [-0.2, -0.15) is 11.8 Å². The SMILES string of the molecule is CSCC12CC3CC(c4ccccc4)(CC(C1)C3C)C2. The van der Waals surface area contributed by atoms with Gasteiger partial charge in [0.2, 0.25) is 0 Å². The average Bonchev–Trinajstić information content (AvgIpc) is 2.45.